The van der Waals surface area contributed by atoms with Crippen molar-refractivity contribution < 1.29 is 4.74 Å². The molecule has 1 N–H and O–H groups in total. The number of nitrogens with zero attached hydrogens (tertiary/aromatic N) is 2. The Labute approximate surface area is 107 Å². The van der Waals surface area contributed by atoms with E-state index in [1.807, 2.05) is 42.0 Å². The van der Waals surface area contributed by atoms with Gasteiger partial charge in [0, 0.05) is 18.8 Å². The Kier molecular flexibility index (Phi) is 3.67. The predicted octanol–water partition coefficient (Wildman–Crippen LogP) is 2.79. The summed E-state index contributed by atoms with van der Waals surface area (Å²) < 4.78 is 7.24. The van der Waals surface area contributed by atoms with Gasteiger partial charge < -0.3 is 10.1 Å². The highest BCUT2D eigenvalue weighted by atomic mass is 16.5. The Morgan fingerprint density at radius 3 is 3.06 bits per heavy atom. The minimum absolute atomic E-state index is 0.681. The lowest BCUT2D eigenvalue weighted by molar-refractivity contribution is 0.414. The van der Waals surface area contributed by atoms with Crippen LogP contribution in [0.5, 0.6) is 5.75 Å². The van der Waals surface area contributed by atoms with Crippen molar-refractivity contribution >= 4 is 5.95 Å². The van der Waals surface area contributed by atoms with Crippen LogP contribution in [0.25, 0.3) is 5.69 Å². The lowest BCUT2D eigenvalue weighted by Gasteiger charge is -2.09. The number of benzene rings is 1. The highest BCUT2D eigenvalue weighted by Crippen LogP contribution is 2.20. The molecule has 0 atom stereocenters. The molecule has 0 aliphatic rings. The molecule has 0 aliphatic heterocycles. The number of aromatic nitrogens is 2. The van der Waals surface area contributed by atoms with Crippen molar-refractivity contribution in [3.8, 4) is 11.4 Å². The van der Waals surface area contributed by atoms with E-state index in [1.54, 1.807) is 13.2 Å². The fourth-order valence-corrected chi connectivity index (χ4v) is 1.74. The number of imidazole rings is 1. The fraction of sp³-hybridized carbons (Fsp3) is 0.214. The zero-order valence-electron chi connectivity index (χ0n) is 10.7. The van der Waals surface area contributed by atoms with E-state index in [4.69, 9.17) is 4.74 Å². The van der Waals surface area contributed by atoms with Gasteiger partial charge in [0.1, 0.15) is 5.75 Å². The lowest BCUT2D eigenvalue weighted by Crippen LogP contribution is -2.05. The summed E-state index contributed by atoms with van der Waals surface area (Å²) in [6.45, 7) is 6.34. The maximum absolute atomic E-state index is 5.23. The van der Waals surface area contributed by atoms with Crippen molar-refractivity contribution in [3.05, 3.63) is 48.8 Å². The van der Waals surface area contributed by atoms with Gasteiger partial charge >= 0.3 is 0 Å². The largest absolute Gasteiger partial charge is 0.497 e. The second kappa shape index (κ2) is 5.40. The first kappa shape index (κ1) is 12.2. The van der Waals surface area contributed by atoms with Crippen LogP contribution in [-0.2, 0) is 0 Å². The van der Waals surface area contributed by atoms with Gasteiger partial charge in [0.15, 0.2) is 0 Å². The first-order chi connectivity index (χ1) is 8.74. The molecule has 4 nitrogen and oxygen atoms in total. The third-order valence-electron chi connectivity index (χ3n) is 2.56. The number of ether oxygens (including phenoxy) is 1. The van der Waals surface area contributed by atoms with E-state index in [0.29, 0.717) is 6.54 Å². The van der Waals surface area contributed by atoms with Crippen LogP contribution in [0.15, 0.2) is 43.1 Å². The molecule has 0 saturated carbocycles. The number of aryl methyl sites for hydroxylation is 1. The minimum atomic E-state index is 0.681. The zero-order chi connectivity index (χ0) is 13.0. The van der Waals surface area contributed by atoms with Gasteiger partial charge in [-0.2, -0.15) is 0 Å². The summed E-state index contributed by atoms with van der Waals surface area (Å²) in [5.41, 5.74) is 1.98. The van der Waals surface area contributed by atoms with E-state index >= 15 is 0 Å². The van der Waals surface area contributed by atoms with Gasteiger partial charge in [-0.25, -0.2) is 4.98 Å². The number of rotatable bonds is 5. The summed E-state index contributed by atoms with van der Waals surface area (Å²) in [6, 6.07) is 7.87. The van der Waals surface area contributed by atoms with Gasteiger partial charge in [0.2, 0.25) is 5.95 Å². The van der Waals surface area contributed by atoms with Crippen LogP contribution in [0.1, 0.15) is 5.69 Å². The Balaban J connectivity index is 2.38. The highest BCUT2D eigenvalue weighted by molar-refractivity contribution is 5.46. The number of hydrogen-bond acceptors (Lipinski definition) is 3. The van der Waals surface area contributed by atoms with Gasteiger partial charge in [-0.05, 0) is 19.1 Å². The Bertz CT molecular complexity index is 546. The molecule has 18 heavy (non-hydrogen) atoms. The molecule has 0 fully saturated rings. The molecule has 1 aromatic carbocycles. The zero-order valence-corrected chi connectivity index (χ0v) is 10.7. The molecule has 0 bridgehead atoms. The van der Waals surface area contributed by atoms with Crippen LogP contribution in [0.3, 0.4) is 0 Å². The van der Waals surface area contributed by atoms with Gasteiger partial charge in [-0.1, -0.05) is 12.1 Å². The van der Waals surface area contributed by atoms with E-state index < -0.39 is 0 Å². The average Bonchev–Trinajstić information content (AvgIpc) is 2.77. The summed E-state index contributed by atoms with van der Waals surface area (Å²) in [4.78, 5) is 4.44. The molecule has 2 rings (SSSR count). The first-order valence-electron chi connectivity index (χ1n) is 5.80. The molecule has 94 valence electrons. The molecule has 0 radical (unpaired) electrons. The number of hydrogen-bond donors (Lipinski definition) is 1. The van der Waals surface area contributed by atoms with Crippen LogP contribution in [0.2, 0.25) is 0 Å². The molecule has 1 aromatic heterocycles. The lowest BCUT2D eigenvalue weighted by atomic mass is 10.3. The molecule has 0 spiro atoms. The maximum atomic E-state index is 5.23. The van der Waals surface area contributed by atoms with E-state index in [0.717, 1.165) is 23.1 Å². The normalized spacial score (nSPS) is 10.1. The number of anilines is 1. The summed E-state index contributed by atoms with van der Waals surface area (Å²) in [5.74, 6) is 1.63. The topological polar surface area (TPSA) is 39.1 Å². The van der Waals surface area contributed by atoms with Gasteiger partial charge in [-0.15, -0.1) is 6.58 Å². The van der Waals surface area contributed by atoms with Crippen molar-refractivity contribution in [2.24, 2.45) is 0 Å². The SMILES string of the molecule is C=CCNc1nc(C)cn1-c1cccc(OC)c1. The minimum Gasteiger partial charge on any atom is -0.497 e. The molecule has 0 saturated heterocycles. The van der Waals surface area contributed by atoms with Crippen molar-refractivity contribution in [1.82, 2.24) is 9.55 Å². The Morgan fingerprint density at radius 1 is 1.50 bits per heavy atom. The Morgan fingerprint density at radius 2 is 2.33 bits per heavy atom. The fourth-order valence-electron chi connectivity index (χ4n) is 1.74. The van der Waals surface area contributed by atoms with Gasteiger partial charge in [0.05, 0.1) is 18.5 Å². The molecular formula is C14H17N3O. The van der Waals surface area contributed by atoms with E-state index in [1.165, 1.54) is 0 Å². The number of nitrogens with one attached hydrogen (secondary N) is 1. The summed E-state index contributed by atoms with van der Waals surface area (Å²) in [7, 11) is 1.66. The van der Waals surface area contributed by atoms with Crippen LogP contribution in [0.4, 0.5) is 5.95 Å². The molecule has 2 aromatic rings. The molecule has 0 aliphatic carbocycles. The predicted molar refractivity (Wildman–Crippen MR) is 73.5 cm³/mol. The molecular weight excluding hydrogens is 226 g/mol. The van der Waals surface area contributed by atoms with Crippen LogP contribution in [0, 0.1) is 6.92 Å². The third-order valence-corrected chi connectivity index (χ3v) is 2.56. The van der Waals surface area contributed by atoms with E-state index in [2.05, 4.69) is 16.9 Å². The van der Waals surface area contributed by atoms with Crippen LogP contribution in [-0.4, -0.2) is 23.2 Å². The van der Waals surface area contributed by atoms with Crippen molar-refractivity contribution in [2.75, 3.05) is 19.0 Å². The van der Waals surface area contributed by atoms with Crippen LogP contribution < -0.4 is 10.1 Å². The second-order valence-corrected chi connectivity index (χ2v) is 3.95. The van der Waals surface area contributed by atoms with Crippen molar-refractivity contribution in [2.45, 2.75) is 6.92 Å². The van der Waals surface area contributed by atoms with Gasteiger partial charge in [-0.3, -0.25) is 4.57 Å². The monoisotopic (exact) mass is 243 g/mol. The summed E-state index contributed by atoms with van der Waals surface area (Å²) >= 11 is 0. The molecule has 0 amide bonds. The van der Waals surface area contributed by atoms with Gasteiger partial charge in [0.25, 0.3) is 0 Å². The quantitative estimate of drug-likeness (QED) is 0.821. The first-order valence-corrected chi connectivity index (χ1v) is 5.80. The highest BCUT2D eigenvalue weighted by Gasteiger charge is 2.07. The Hall–Kier alpha value is -2.23. The van der Waals surface area contributed by atoms with E-state index in [9.17, 15) is 0 Å². The third kappa shape index (κ3) is 2.53. The number of methoxy groups -OCH3 is 1. The summed E-state index contributed by atoms with van der Waals surface area (Å²) in [5, 5.41) is 3.21. The second-order valence-electron chi connectivity index (χ2n) is 3.95. The molecule has 0 unspecified atom stereocenters. The average molecular weight is 243 g/mol. The van der Waals surface area contributed by atoms with Crippen molar-refractivity contribution in [3.63, 3.8) is 0 Å². The summed E-state index contributed by atoms with van der Waals surface area (Å²) in [6.07, 6.45) is 3.79. The molecule has 4 heteroatoms. The van der Waals surface area contributed by atoms with Crippen molar-refractivity contribution in [1.29, 1.82) is 0 Å². The standard InChI is InChI=1S/C14H17N3O/c1-4-8-15-14-16-11(2)10-17(14)12-6-5-7-13(9-12)18-3/h4-7,9-10H,1,8H2,2-3H3,(H,15,16). The smallest absolute Gasteiger partial charge is 0.207 e. The van der Waals surface area contributed by atoms with Crippen LogP contribution >= 0.6 is 0 Å². The van der Waals surface area contributed by atoms with E-state index in [-0.39, 0.29) is 0 Å². The molecule has 1 heterocycles. The maximum Gasteiger partial charge on any atom is 0.207 e.